The van der Waals surface area contributed by atoms with Gasteiger partial charge in [-0.05, 0) is 38.1 Å². The fourth-order valence-corrected chi connectivity index (χ4v) is 3.60. The molecule has 0 bridgehead atoms. The monoisotopic (exact) mass is 299 g/mol. The third kappa shape index (κ3) is 2.47. The lowest BCUT2D eigenvalue weighted by Crippen LogP contribution is -2.09. The van der Waals surface area contributed by atoms with Crippen LogP contribution in [-0.2, 0) is 6.54 Å². The maximum Gasteiger partial charge on any atom is 0.183 e. The molecular weight excluding hydrogens is 282 g/mol. The van der Waals surface area contributed by atoms with E-state index in [9.17, 15) is 4.79 Å². The van der Waals surface area contributed by atoms with E-state index in [2.05, 4.69) is 0 Å². The molecule has 0 radical (unpaired) electrons. The van der Waals surface area contributed by atoms with Crippen molar-refractivity contribution >= 4 is 28.0 Å². The predicted octanol–water partition coefficient (Wildman–Crippen LogP) is 4.21. The number of methoxy groups -OCH3 is 1. The summed E-state index contributed by atoms with van der Waals surface area (Å²) in [7, 11) is 1.66. The lowest BCUT2D eigenvalue weighted by molar-refractivity contribution is 0.0973. The van der Waals surface area contributed by atoms with Gasteiger partial charge in [-0.3, -0.25) is 4.79 Å². The molecule has 0 spiro atoms. The molecule has 0 unspecified atom stereocenters. The average molecular weight is 299 g/mol. The molecule has 0 aliphatic heterocycles. The number of ketones is 1. The van der Waals surface area contributed by atoms with Crippen molar-refractivity contribution in [2.24, 2.45) is 0 Å². The first-order valence-electron chi connectivity index (χ1n) is 6.82. The molecule has 2 heterocycles. The van der Waals surface area contributed by atoms with Crippen LogP contribution < -0.4 is 4.74 Å². The summed E-state index contributed by atoms with van der Waals surface area (Å²) in [5, 5.41) is 1.03. The quantitative estimate of drug-likeness (QED) is 0.676. The molecule has 4 heteroatoms. The number of hydrogen-bond donors (Lipinski definition) is 0. The number of Topliss-reactive ketones (excluding diaryl/α,β-unsaturated/α-hetero) is 1. The minimum atomic E-state index is 0.150. The van der Waals surface area contributed by atoms with E-state index in [1.807, 2.05) is 54.9 Å². The Hall–Kier alpha value is -2.07. The van der Waals surface area contributed by atoms with Crippen molar-refractivity contribution in [2.45, 2.75) is 20.4 Å². The first-order valence-corrected chi connectivity index (χ1v) is 7.64. The third-order valence-corrected chi connectivity index (χ3v) is 4.61. The van der Waals surface area contributed by atoms with E-state index >= 15 is 0 Å². The molecule has 21 heavy (non-hydrogen) atoms. The van der Waals surface area contributed by atoms with E-state index < -0.39 is 0 Å². The summed E-state index contributed by atoms with van der Waals surface area (Å²) in [6, 6.07) is 9.86. The van der Waals surface area contributed by atoms with Gasteiger partial charge >= 0.3 is 0 Å². The normalized spacial score (nSPS) is 11.0. The lowest BCUT2D eigenvalue weighted by atomic mass is 10.1. The molecule has 3 aromatic rings. The lowest BCUT2D eigenvalue weighted by Gasteiger charge is -2.06. The standard InChI is InChI=1S/C17H17NO2S/c1-11-9-14(12(2)21-11)16(19)10-18-8-7-13-15(18)5-4-6-17(13)20-3/h4-9H,10H2,1-3H3. The SMILES string of the molecule is COc1cccc2c1ccn2CC(=O)c1cc(C)sc1C. The summed E-state index contributed by atoms with van der Waals surface area (Å²) in [6.45, 7) is 4.39. The molecule has 0 amide bonds. The van der Waals surface area contributed by atoms with Crippen molar-refractivity contribution < 1.29 is 9.53 Å². The van der Waals surface area contributed by atoms with Crippen molar-refractivity contribution in [1.82, 2.24) is 4.57 Å². The summed E-state index contributed by atoms with van der Waals surface area (Å²) in [4.78, 5) is 14.8. The fourth-order valence-electron chi connectivity index (χ4n) is 2.66. The smallest absolute Gasteiger partial charge is 0.183 e. The van der Waals surface area contributed by atoms with E-state index in [1.54, 1.807) is 18.4 Å². The first kappa shape index (κ1) is 13.9. The molecular formula is C17H17NO2S. The van der Waals surface area contributed by atoms with Crippen LogP contribution in [0.15, 0.2) is 36.5 Å². The molecule has 0 saturated heterocycles. The Morgan fingerprint density at radius 2 is 2.10 bits per heavy atom. The number of fused-ring (bicyclic) bond motifs is 1. The van der Waals surface area contributed by atoms with Gasteiger partial charge in [0, 0.05) is 26.9 Å². The van der Waals surface area contributed by atoms with Gasteiger partial charge in [0.1, 0.15) is 5.75 Å². The Bertz CT molecular complexity index is 813. The number of ether oxygens (including phenoxy) is 1. The Morgan fingerprint density at radius 1 is 1.29 bits per heavy atom. The summed E-state index contributed by atoms with van der Waals surface area (Å²) >= 11 is 1.67. The van der Waals surface area contributed by atoms with Gasteiger partial charge in [0.15, 0.2) is 5.78 Å². The van der Waals surface area contributed by atoms with Gasteiger partial charge in [-0.2, -0.15) is 0 Å². The predicted molar refractivity (Wildman–Crippen MR) is 86.6 cm³/mol. The van der Waals surface area contributed by atoms with Crippen molar-refractivity contribution in [2.75, 3.05) is 7.11 Å². The molecule has 108 valence electrons. The Labute approximate surface area is 127 Å². The molecule has 3 nitrogen and oxygen atoms in total. The van der Waals surface area contributed by atoms with Crippen molar-refractivity contribution in [3.05, 3.63) is 51.8 Å². The number of carbonyl (C=O) groups is 1. The summed E-state index contributed by atoms with van der Waals surface area (Å²) in [5.41, 5.74) is 1.86. The highest BCUT2D eigenvalue weighted by atomic mass is 32.1. The summed E-state index contributed by atoms with van der Waals surface area (Å²) < 4.78 is 7.34. The number of carbonyl (C=O) groups excluding carboxylic acids is 1. The summed E-state index contributed by atoms with van der Waals surface area (Å²) in [6.07, 6.45) is 1.94. The highest BCUT2D eigenvalue weighted by molar-refractivity contribution is 7.12. The van der Waals surface area contributed by atoms with Gasteiger partial charge < -0.3 is 9.30 Å². The Morgan fingerprint density at radius 3 is 2.76 bits per heavy atom. The van der Waals surface area contributed by atoms with Crippen molar-refractivity contribution in [1.29, 1.82) is 0 Å². The van der Waals surface area contributed by atoms with Gasteiger partial charge in [0.2, 0.25) is 0 Å². The zero-order chi connectivity index (χ0) is 15.0. The van der Waals surface area contributed by atoms with Gasteiger partial charge in [0.05, 0.1) is 19.2 Å². The number of hydrogen-bond acceptors (Lipinski definition) is 3. The zero-order valence-electron chi connectivity index (χ0n) is 12.3. The maximum absolute atomic E-state index is 12.5. The van der Waals surface area contributed by atoms with Gasteiger partial charge in [-0.1, -0.05) is 6.07 Å². The number of thiophene rings is 1. The van der Waals surface area contributed by atoms with Gasteiger partial charge in [-0.15, -0.1) is 11.3 Å². The Kier molecular flexibility index (Phi) is 3.55. The van der Waals surface area contributed by atoms with Crippen LogP contribution in [0.1, 0.15) is 20.1 Å². The second kappa shape index (κ2) is 5.37. The number of benzene rings is 1. The number of aryl methyl sites for hydroxylation is 2. The van der Waals surface area contributed by atoms with Gasteiger partial charge in [0.25, 0.3) is 0 Å². The van der Waals surface area contributed by atoms with E-state index in [4.69, 9.17) is 4.74 Å². The fraction of sp³-hybridized carbons (Fsp3) is 0.235. The van der Waals surface area contributed by atoms with Crippen LogP contribution in [0.25, 0.3) is 10.9 Å². The molecule has 0 aliphatic rings. The van der Waals surface area contributed by atoms with Crippen LogP contribution in [0, 0.1) is 13.8 Å². The van der Waals surface area contributed by atoms with E-state index in [1.165, 1.54) is 4.88 Å². The maximum atomic E-state index is 12.5. The molecule has 0 N–H and O–H groups in total. The van der Waals surface area contributed by atoms with Crippen LogP contribution in [0.5, 0.6) is 5.75 Å². The van der Waals surface area contributed by atoms with Crippen LogP contribution in [0.4, 0.5) is 0 Å². The van der Waals surface area contributed by atoms with Crippen LogP contribution >= 0.6 is 11.3 Å². The minimum Gasteiger partial charge on any atom is -0.496 e. The van der Waals surface area contributed by atoms with E-state index in [0.29, 0.717) is 6.54 Å². The number of nitrogens with zero attached hydrogens (tertiary/aromatic N) is 1. The summed E-state index contributed by atoms with van der Waals surface area (Å²) in [5.74, 6) is 0.985. The highest BCUT2D eigenvalue weighted by Gasteiger charge is 2.14. The second-order valence-corrected chi connectivity index (χ2v) is 6.55. The number of rotatable bonds is 4. The second-order valence-electron chi connectivity index (χ2n) is 5.09. The van der Waals surface area contributed by atoms with E-state index in [0.717, 1.165) is 27.1 Å². The van der Waals surface area contributed by atoms with Crippen LogP contribution in [0.3, 0.4) is 0 Å². The molecule has 3 rings (SSSR count). The largest absolute Gasteiger partial charge is 0.496 e. The highest BCUT2D eigenvalue weighted by Crippen LogP contribution is 2.27. The third-order valence-electron chi connectivity index (χ3n) is 3.65. The minimum absolute atomic E-state index is 0.150. The number of aromatic nitrogens is 1. The molecule has 1 aromatic carbocycles. The van der Waals surface area contributed by atoms with Crippen molar-refractivity contribution in [3.63, 3.8) is 0 Å². The molecule has 0 fully saturated rings. The topological polar surface area (TPSA) is 31.2 Å². The molecule has 0 aliphatic carbocycles. The van der Waals surface area contributed by atoms with Gasteiger partial charge in [-0.25, -0.2) is 0 Å². The Balaban J connectivity index is 1.95. The van der Waals surface area contributed by atoms with Crippen LogP contribution in [-0.4, -0.2) is 17.5 Å². The zero-order valence-corrected chi connectivity index (χ0v) is 13.2. The molecule has 0 atom stereocenters. The van der Waals surface area contributed by atoms with Crippen molar-refractivity contribution in [3.8, 4) is 5.75 Å². The van der Waals surface area contributed by atoms with Crippen LogP contribution in [0.2, 0.25) is 0 Å². The first-order chi connectivity index (χ1) is 10.1. The molecule has 0 saturated carbocycles. The average Bonchev–Trinajstić information content (AvgIpc) is 3.02. The van der Waals surface area contributed by atoms with E-state index in [-0.39, 0.29) is 5.78 Å². The molecule has 2 aromatic heterocycles.